The molecule has 1 aliphatic rings. The Kier molecular flexibility index (Phi) is 3.54. The van der Waals surface area contributed by atoms with Gasteiger partial charge >= 0.3 is 73.1 Å². The van der Waals surface area contributed by atoms with Gasteiger partial charge < -0.3 is 0 Å². The zero-order chi connectivity index (χ0) is 8.32. The summed E-state index contributed by atoms with van der Waals surface area (Å²) in [5.74, 6) is 0. The van der Waals surface area contributed by atoms with E-state index in [1.807, 2.05) is 14.1 Å². The number of nitrogens with zero attached hydrogens (tertiary/aromatic N) is 1. The van der Waals surface area contributed by atoms with Crippen LogP contribution in [0.25, 0.3) is 0 Å². The molecule has 0 aromatic rings. The summed E-state index contributed by atoms with van der Waals surface area (Å²) in [5.41, 5.74) is 0. The molecule has 4 heteroatoms. The molecule has 0 bridgehead atoms. The van der Waals surface area contributed by atoms with Gasteiger partial charge in [0, 0.05) is 0 Å². The summed E-state index contributed by atoms with van der Waals surface area (Å²) >= 11 is -2.25. The van der Waals surface area contributed by atoms with E-state index in [0.29, 0.717) is 0 Å². The van der Waals surface area contributed by atoms with Crippen LogP contribution >= 0.6 is 0 Å². The maximum absolute atomic E-state index is 10.1. The molecule has 1 heterocycles. The van der Waals surface area contributed by atoms with Crippen LogP contribution < -0.4 is 24.2 Å². The molecule has 0 radical (unpaired) electrons. The van der Waals surface area contributed by atoms with E-state index in [-0.39, 0.29) is 0 Å². The maximum atomic E-state index is 10.1. The molecule has 1 aliphatic heterocycles. The van der Waals surface area contributed by atoms with Gasteiger partial charge in [-0.2, -0.15) is 0 Å². The van der Waals surface area contributed by atoms with Crippen molar-refractivity contribution in [2.24, 2.45) is 0 Å². The molecule has 1 saturated heterocycles. The average Bonchev–Trinajstić information content (AvgIpc) is 1.85. The van der Waals surface area contributed by atoms with Gasteiger partial charge in [-0.1, -0.05) is 0 Å². The van der Waals surface area contributed by atoms with Gasteiger partial charge in [0.2, 0.25) is 0 Å². The van der Waals surface area contributed by atoms with E-state index in [1.54, 1.807) is 0 Å². The van der Waals surface area contributed by atoms with Gasteiger partial charge in [-0.3, -0.25) is 0 Å². The normalized spacial score (nSPS) is 26.9. The third kappa shape index (κ3) is 3.23. The Morgan fingerprint density at radius 2 is 1.91 bits per heavy atom. The molecule has 2 N–H and O–H groups in total. The minimum absolute atomic E-state index is 0.966. The molecule has 0 saturated carbocycles. The zero-order valence-electron chi connectivity index (χ0n) is 7.31. The molecule has 0 unspecified atom stereocenters. The van der Waals surface area contributed by atoms with E-state index in [4.69, 9.17) is 0 Å². The van der Waals surface area contributed by atoms with Crippen molar-refractivity contribution in [1.29, 1.82) is 0 Å². The molecule has 0 aromatic heterocycles. The predicted octanol–water partition coefficient (Wildman–Crippen LogP) is -3.82. The van der Waals surface area contributed by atoms with E-state index in [1.165, 1.54) is 0 Å². The Morgan fingerprint density at radius 3 is 2.36 bits per heavy atom. The number of hydrogen-bond donors (Lipinski definition) is 2. The number of halogens is 1. The van der Waals surface area contributed by atoms with Gasteiger partial charge in [0.15, 0.2) is 0 Å². The number of rotatable bonds is 2. The van der Waals surface area contributed by atoms with Crippen molar-refractivity contribution in [2.75, 3.05) is 40.6 Å². The van der Waals surface area contributed by atoms with E-state index >= 15 is 0 Å². The first-order valence-corrected chi connectivity index (χ1v) is 9.43. The van der Waals surface area contributed by atoms with Crippen molar-refractivity contribution in [3.8, 4) is 0 Å². The van der Waals surface area contributed by atoms with E-state index in [2.05, 4.69) is 10.2 Å². The SMILES string of the molecule is CN(C)C[I-]1(O)CCNCC1. The molecule has 1 rings (SSSR count). The van der Waals surface area contributed by atoms with Crippen LogP contribution in [0.2, 0.25) is 0 Å². The van der Waals surface area contributed by atoms with Crippen LogP contribution in [-0.4, -0.2) is 48.9 Å². The van der Waals surface area contributed by atoms with Gasteiger partial charge in [-0.05, 0) is 0 Å². The molecule has 0 spiro atoms. The van der Waals surface area contributed by atoms with Crippen molar-refractivity contribution in [3.05, 3.63) is 0 Å². The Bertz CT molecular complexity index is 124. The van der Waals surface area contributed by atoms with E-state index in [0.717, 1.165) is 26.5 Å². The molecule has 0 aliphatic carbocycles. The van der Waals surface area contributed by atoms with Crippen LogP contribution in [0.3, 0.4) is 0 Å². The molecule has 3 nitrogen and oxygen atoms in total. The molecular formula is C7H18IN2O-. The van der Waals surface area contributed by atoms with Gasteiger partial charge in [0.05, 0.1) is 0 Å². The van der Waals surface area contributed by atoms with Crippen molar-refractivity contribution >= 4 is 0 Å². The van der Waals surface area contributed by atoms with Crippen molar-refractivity contribution in [1.82, 2.24) is 10.2 Å². The van der Waals surface area contributed by atoms with Gasteiger partial charge in [0.1, 0.15) is 0 Å². The monoisotopic (exact) mass is 273 g/mol. The van der Waals surface area contributed by atoms with Crippen LogP contribution in [0.1, 0.15) is 0 Å². The van der Waals surface area contributed by atoms with E-state index < -0.39 is 18.8 Å². The van der Waals surface area contributed by atoms with Crippen LogP contribution in [0, 0.1) is 0 Å². The summed E-state index contributed by atoms with van der Waals surface area (Å²) in [4.78, 5) is 2.13. The summed E-state index contributed by atoms with van der Waals surface area (Å²) in [7, 11) is 4.09. The fourth-order valence-corrected chi connectivity index (χ4v) is 7.80. The molecule has 0 aromatic carbocycles. The predicted molar refractivity (Wildman–Crippen MR) is 43.4 cm³/mol. The second-order valence-electron chi connectivity index (χ2n) is 3.25. The fourth-order valence-electron chi connectivity index (χ4n) is 1.27. The average molecular weight is 273 g/mol. The number of nitrogens with one attached hydrogen (secondary N) is 1. The first kappa shape index (κ1) is 9.70. The summed E-state index contributed by atoms with van der Waals surface area (Å²) in [6.45, 7) is 2.06. The standard InChI is InChI=1S/C7H18IN2O/c1-10(2)7-8(11)3-5-9-6-4-8/h9,11H,3-7H2,1-2H3/q-1. The van der Waals surface area contributed by atoms with Crippen LogP contribution in [0.4, 0.5) is 0 Å². The first-order valence-electron chi connectivity index (χ1n) is 3.89. The molecule has 0 atom stereocenters. The Labute approximate surface area is 73.2 Å². The van der Waals surface area contributed by atoms with Gasteiger partial charge in [-0.25, -0.2) is 0 Å². The third-order valence-electron chi connectivity index (χ3n) is 1.71. The second-order valence-corrected chi connectivity index (χ2v) is 11.4. The van der Waals surface area contributed by atoms with Crippen LogP contribution in [0.15, 0.2) is 0 Å². The molecule has 70 valence electrons. The van der Waals surface area contributed by atoms with Gasteiger partial charge in [0.25, 0.3) is 0 Å². The van der Waals surface area contributed by atoms with Crippen molar-refractivity contribution in [3.63, 3.8) is 0 Å². The van der Waals surface area contributed by atoms with Crippen LogP contribution in [0.5, 0.6) is 0 Å². The van der Waals surface area contributed by atoms with Gasteiger partial charge in [-0.15, -0.1) is 0 Å². The van der Waals surface area contributed by atoms with Crippen LogP contribution in [-0.2, 0) is 0 Å². The summed E-state index contributed by atoms with van der Waals surface area (Å²) in [6, 6.07) is 0. The number of hydrogen-bond acceptors (Lipinski definition) is 3. The zero-order valence-corrected chi connectivity index (χ0v) is 9.47. The summed E-state index contributed by atoms with van der Waals surface area (Å²) in [5, 5.41) is 3.28. The topological polar surface area (TPSA) is 35.5 Å². The Morgan fingerprint density at radius 1 is 1.36 bits per heavy atom. The third-order valence-corrected chi connectivity index (χ3v) is 9.44. The van der Waals surface area contributed by atoms with Crippen molar-refractivity contribution in [2.45, 2.75) is 0 Å². The molecule has 0 amide bonds. The molecular weight excluding hydrogens is 255 g/mol. The Hall–Kier alpha value is 0.610. The second kappa shape index (κ2) is 4.02. The molecule has 1 fully saturated rings. The van der Waals surface area contributed by atoms with E-state index in [9.17, 15) is 3.44 Å². The minimum atomic E-state index is -2.25. The Balaban J connectivity index is 2.37. The fraction of sp³-hybridized carbons (Fsp3) is 1.00. The van der Waals surface area contributed by atoms with Crippen molar-refractivity contribution < 1.29 is 22.3 Å². The summed E-state index contributed by atoms with van der Waals surface area (Å²) in [6.07, 6.45) is 0. The quantitative estimate of drug-likeness (QED) is 0.307. The first-order chi connectivity index (χ1) is 5.12. The molecule has 11 heavy (non-hydrogen) atoms. The summed E-state index contributed by atoms with van der Waals surface area (Å²) < 4.78 is 13.2. The number of alkyl halides is 3.